The molecule has 25 heavy (non-hydrogen) atoms. The van der Waals surface area contributed by atoms with Crippen molar-refractivity contribution in [3.8, 4) is 0 Å². The highest BCUT2D eigenvalue weighted by atomic mass is 32.2. The standard InChI is InChI=1S/C18H25N5OS/c1-12(2)15-10-6-7-13(3)17(15)19-16(24)11-25-18-20-21-22-23(18)14-8-4-5-9-14/h6-7,10,12,14H,4-5,8-9,11H2,1-3H3,(H,19,24). The molecule has 3 rings (SSSR count). The van der Waals surface area contributed by atoms with E-state index in [1.165, 1.54) is 24.6 Å². The van der Waals surface area contributed by atoms with Gasteiger partial charge in [0.1, 0.15) is 0 Å². The number of aryl methyl sites for hydroxylation is 1. The number of nitrogens with zero attached hydrogens (tertiary/aromatic N) is 4. The molecular weight excluding hydrogens is 334 g/mol. The Labute approximate surface area is 152 Å². The van der Waals surface area contributed by atoms with E-state index in [2.05, 4.69) is 40.8 Å². The maximum absolute atomic E-state index is 12.5. The smallest absolute Gasteiger partial charge is 0.234 e. The summed E-state index contributed by atoms with van der Waals surface area (Å²) < 4.78 is 1.89. The molecule has 1 saturated carbocycles. The molecule has 2 aromatic rings. The minimum Gasteiger partial charge on any atom is -0.325 e. The van der Waals surface area contributed by atoms with Crippen LogP contribution in [-0.2, 0) is 4.79 Å². The van der Waals surface area contributed by atoms with Gasteiger partial charge in [-0.2, -0.15) is 0 Å². The number of carbonyl (C=O) groups is 1. The SMILES string of the molecule is Cc1cccc(C(C)C)c1NC(=O)CSc1nnnn1C1CCCC1. The zero-order valence-electron chi connectivity index (χ0n) is 15.0. The highest BCUT2D eigenvalue weighted by molar-refractivity contribution is 7.99. The largest absolute Gasteiger partial charge is 0.325 e. The molecule has 7 heteroatoms. The second kappa shape index (κ2) is 7.99. The number of benzene rings is 1. The molecular formula is C18H25N5OS. The number of thioether (sulfide) groups is 1. The van der Waals surface area contributed by atoms with E-state index in [1.807, 2.05) is 23.7 Å². The van der Waals surface area contributed by atoms with Crippen molar-refractivity contribution in [2.45, 2.75) is 63.6 Å². The van der Waals surface area contributed by atoms with Crippen LogP contribution < -0.4 is 5.32 Å². The van der Waals surface area contributed by atoms with Crippen molar-refractivity contribution in [3.05, 3.63) is 29.3 Å². The molecule has 1 aliphatic carbocycles. The Morgan fingerprint density at radius 2 is 2.12 bits per heavy atom. The average molecular weight is 359 g/mol. The van der Waals surface area contributed by atoms with Crippen LogP contribution in [0.25, 0.3) is 0 Å². The van der Waals surface area contributed by atoms with Crippen molar-refractivity contribution in [2.75, 3.05) is 11.1 Å². The lowest BCUT2D eigenvalue weighted by Crippen LogP contribution is -2.17. The topological polar surface area (TPSA) is 72.7 Å². The van der Waals surface area contributed by atoms with Gasteiger partial charge in [-0.3, -0.25) is 4.79 Å². The van der Waals surface area contributed by atoms with Crippen LogP contribution >= 0.6 is 11.8 Å². The molecule has 1 aromatic heterocycles. The number of carbonyl (C=O) groups excluding carboxylic acids is 1. The summed E-state index contributed by atoms with van der Waals surface area (Å²) in [6.45, 7) is 6.29. The molecule has 0 saturated heterocycles. The van der Waals surface area contributed by atoms with Gasteiger partial charge in [-0.25, -0.2) is 4.68 Å². The lowest BCUT2D eigenvalue weighted by Gasteiger charge is -2.16. The van der Waals surface area contributed by atoms with Crippen LogP contribution in [0.3, 0.4) is 0 Å². The maximum atomic E-state index is 12.5. The third-order valence-corrected chi connectivity index (χ3v) is 5.59. The molecule has 0 bridgehead atoms. The fourth-order valence-corrected chi connectivity index (χ4v) is 4.05. The third kappa shape index (κ3) is 4.21. The Balaban J connectivity index is 1.64. The van der Waals surface area contributed by atoms with Crippen LogP contribution in [0.5, 0.6) is 0 Å². The van der Waals surface area contributed by atoms with Gasteiger partial charge in [0.25, 0.3) is 0 Å². The van der Waals surface area contributed by atoms with E-state index in [9.17, 15) is 4.79 Å². The van der Waals surface area contributed by atoms with E-state index in [1.54, 1.807) is 0 Å². The van der Waals surface area contributed by atoms with Gasteiger partial charge >= 0.3 is 0 Å². The molecule has 1 aromatic carbocycles. The molecule has 1 heterocycles. The molecule has 1 N–H and O–H groups in total. The monoisotopic (exact) mass is 359 g/mol. The van der Waals surface area contributed by atoms with Gasteiger partial charge in [-0.1, -0.05) is 56.7 Å². The van der Waals surface area contributed by atoms with Crippen LogP contribution in [0.4, 0.5) is 5.69 Å². The third-order valence-electron chi connectivity index (χ3n) is 4.66. The van der Waals surface area contributed by atoms with Gasteiger partial charge < -0.3 is 5.32 Å². The molecule has 0 aliphatic heterocycles. The number of hydrogen-bond acceptors (Lipinski definition) is 5. The number of para-hydroxylation sites is 1. The first kappa shape index (κ1) is 17.9. The first-order valence-electron chi connectivity index (χ1n) is 8.86. The van der Waals surface area contributed by atoms with E-state index >= 15 is 0 Å². The quantitative estimate of drug-likeness (QED) is 0.791. The van der Waals surface area contributed by atoms with Gasteiger partial charge in [-0.15, -0.1) is 5.10 Å². The molecule has 0 spiro atoms. The summed E-state index contributed by atoms with van der Waals surface area (Å²) in [4.78, 5) is 12.5. The van der Waals surface area contributed by atoms with Gasteiger partial charge in [0.2, 0.25) is 11.1 Å². The molecule has 0 radical (unpaired) electrons. The Morgan fingerprint density at radius 1 is 1.36 bits per heavy atom. The number of anilines is 1. The first-order valence-corrected chi connectivity index (χ1v) is 9.85. The predicted molar refractivity (Wildman–Crippen MR) is 99.9 cm³/mol. The number of hydrogen-bond donors (Lipinski definition) is 1. The Kier molecular flexibility index (Phi) is 5.73. The molecule has 1 amide bonds. The molecule has 0 atom stereocenters. The highest BCUT2D eigenvalue weighted by Gasteiger charge is 2.22. The molecule has 1 fully saturated rings. The summed E-state index contributed by atoms with van der Waals surface area (Å²) in [6, 6.07) is 6.51. The summed E-state index contributed by atoms with van der Waals surface area (Å²) in [6.07, 6.45) is 4.68. The zero-order chi connectivity index (χ0) is 17.8. The Bertz CT molecular complexity index is 737. The van der Waals surface area contributed by atoms with Crippen molar-refractivity contribution >= 4 is 23.4 Å². The van der Waals surface area contributed by atoms with Gasteiger partial charge in [0.05, 0.1) is 11.8 Å². The van der Waals surface area contributed by atoms with Crippen molar-refractivity contribution < 1.29 is 4.79 Å². The van der Waals surface area contributed by atoms with E-state index in [0.29, 0.717) is 17.7 Å². The summed E-state index contributed by atoms with van der Waals surface area (Å²) in [7, 11) is 0. The van der Waals surface area contributed by atoms with Crippen molar-refractivity contribution in [3.63, 3.8) is 0 Å². The second-order valence-electron chi connectivity index (χ2n) is 6.87. The highest BCUT2D eigenvalue weighted by Crippen LogP contribution is 2.32. The van der Waals surface area contributed by atoms with E-state index in [0.717, 1.165) is 34.8 Å². The summed E-state index contributed by atoms with van der Waals surface area (Å²) in [5.74, 6) is 0.638. The Morgan fingerprint density at radius 3 is 2.84 bits per heavy atom. The number of tetrazole rings is 1. The normalized spacial score (nSPS) is 15.0. The van der Waals surface area contributed by atoms with Crippen LogP contribution in [0.2, 0.25) is 0 Å². The van der Waals surface area contributed by atoms with Crippen LogP contribution in [0.1, 0.15) is 62.6 Å². The van der Waals surface area contributed by atoms with Crippen LogP contribution in [0.15, 0.2) is 23.4 Å². The fourth-order valence-electron chi connectivity index (χ4n) is 3.31. The maximum Gasteiger partial charge on any atom is 0.234 e. The molecule has 134 valence electrons. The summed E-state index contributed by atoms with van der Waals surface area (Å²) >= 11 is 1.40. The minimum absolute atomic E-state index is 0.0258. The number of aromatic nitrogens is 4. The number of rotatable bonds is 6. The van der Waals surface area contributed by atoms with E-state index < -0.39 is 0 Å². The number of nitrogens with one attached hydrogen (secondary N) is 1. The fraction of sp³-hybridized carbons (Fsp3) is 0.556. The second-order valence-corrected chi connectivity index (χ2v) is 7.82. The molecule has 6 nitrogen and oxygen atoms in total. The zero-order valence-corrected chi connectivity index (χ0v) is 15.8. The lowest BCUT2D eigenvalue weighted by molar-refractivity contribution is -0.113. The summed E-state index contributed by atoms with van der Waals surface area (Å²) in [5.41, 5.74) is 3.17. The Hall–Kier alpha value is -1.89. The van der Waals surface area contributed by atoms with Gasteiger partial charge in [0, 0.05) is 5.69 Å². The summed E-state index contributed by atoms with van der Waals surface area (Å²) in [5, 5.41) is 15.8. The van der Waals surface area contributed by atoms with Gasteiger partial charge in [0.15, 0.2) is 0 Å². The first-order chi connectivity index (χ1) is 12.1. The minimum atomic E-state index is -0.0258. The average Bonchev–Trinajstić information content (AvgIpc) is 3.25. The molecule has 1 aliphatic rings. The lowest BCUT2D eigenvalue weighted by atomic mass is 9.98. The van der Waals surface area contributed by atoms with Crippen LogP contribution in [-0.4, -0.2) is 31.9 Å². The predicted octanol–water partition coefficient (Wildman–Crippen LogP) is 3.95. The molecule has 0 unspecified atom stereocenters. The van der Waals surface area contributed by atoms with Gasteiger partial charge in [-0.05, 0) is 47.2 Å². The van der Waals surface area contributed by atoms with E-state index in [4.69, 9.17) is 0 Å². The number of amides is 1. The van der Waals surface area contributed by atoms with Crippen LogP contribution in [0, 0.1) is 6.92 Å². The van der Waals surface area contributed by atoms with Crippen molar-refractivity contribution in [1.82, 2.24) is 20.2 Å². The van der Waals surface area contributed by atoms with Crippen molar-refractivity contribution in [1.29, 1.82) is 0 Å². The van der Waals surface area contributed by atoms with Crippen molar-refractivity contribution in [2.24, 2.45) is 0 Å². The van der Waals surface area contributed by atoms with E-state index in [-0.39, 0.29) is 5.91 Å².